The Morgan fingerprint density at radius 2 is 2.29 bits per heavy atom. The molecule has 0 aromatic heterocycles. The van der Waals surface area contributed by atoms with Crippen LogP contribution in [-0.4, -0.2) is 0 Å². The Balaban J connectivity index is 3.13. The second-order valence-corrected chi connectivity index (χ2v) is 1.73. The zero-order valence-electron chi connectivity index (χ0n) is 4.76. The van der Waals surface area contributed by atoms with Crippen molar-refractivity contribution in [2.45, 2.75) is 4.90 Å². The van der Waals surface area contributed by atoms with E-state index >= 15 is 0 Å². The van der Waals surface area contributed by atoms with Gasteiger partial charge in [0.25, 0.3) is 0 Å². The molecule has 0 bridgehead atoms. The molecular weight excluding hydrogens is 104 g/mol. The maximum Gasteiger partial charge on any atom is 0.0634 e. The van der Waals surface area contributed by atoms with Gasteiger partial charge in [0.15, 0.2) is 0 Å². The molecule has 0 atom stereocenters. The van der Waals surface area contributed by atoms with Gasteiger partial charge in [0.2, 0.25) is 0 Å². The fourth-order valence-electron chi connectivity index (χ4n) is 0.384. The van der Waals surface area contributed by atoms with Crippen LogP contribution in [0.25, 0.3) is 0 Å². The SMILES string of the molecule is [2H]c1ccccc1S. The molecular formula is C6H6S. The van der Waals surface area contributed by atoms with Crippen LogP contribution < -0.4 is 0 Å². The van der Waals surface area contributed by atoms with Gasteiger partial charge in [0, 0.05) is 4.90 Å². The molecule has 0 aliphatic heterocycles. The molecule has 0 saturated heterocycles. The summed E-state index contributed by atoms with van der Waals surface area (Å²) in [6.07, 6.45) is 0. The van der Waals surface area contributed by atoms with Crippen LogP contribution in [0.1, 0.15) is 1.37 Å². The fourth-order valence-corrected chi connectivity index (χ4v) is 0.544. The first-order valence-corrected chi connectivity index (χ1v) is 2.50. The zero-order valence-corrected chi connectivity index (χ0v) is 4.65. The molecule has 0 amide bonds. The quantitative estimate of drug-likeness (QED) is 0.486. The molecule has 7 heavy (non-hydrogen) atoms. The van der Waals surface area contributed by atoms with Gasteiger partial charge in [-0.2, -0.15) is 0 Å². The van der Waals surface area contributed by atoms with E-state index in [-0.39, 0.29) is 0 Å². The van der Waals surface area contributed by atoms with Crippen LogP contribution in [0.4, 0.5) is 0 Å². The Morgan fingerprint density at radius 1 is 1.43 bits per heavy atom. The second kappa shape index (κ2) is 2.03. The maximum absolute atomic E-state index is 7.14. The van der Waals surface area contributed by atoms with E-state index in [0.29, 0.717) is 6.04 Å². The monoisotopic (exact) mass is 111 g/mol. The van der Waals surface area contributed by atoms with Crippen molar-refractivity contribution in [1.29, 1.82) is 0 Å². The summed E-state index contributed by atoms with van der Waals surface area (Å²) in [5, 5.41) is 0. The largest absolute Gasteiger partial charge is 0.143 e. The summed E-state index contributed by atoms with van der Waals surface area (Å²) in [5.74, 6) is 0. The van der Waals surface area contributed by atoms with Crippen molar-refractivity contribution in [1.82, 2.24) is 0 Å². The van der Waals surface area contributed by atoms with Crippen LogP contribution in [-0.2, 0) is 0 Å². The van der Waals surface area contributed by atoms with E-state index in [0.717, 1.165) is 4.90 Å². The molecule has 0 heterocycles. The molecule has 0 radical (unpaired) electrons. The number of thiol groups is 1. The van der Waals surface area contributed by atoms with E-state index in [9.17, 15) is 0 Å². The average molecular weight is 111 g/mol. The van der Waals surface area contributed by atoms with E-state index in [1.807, 2.05) is 12.1 Å². The smallest absolute Gasteiger partial charge is 0.0634 e. The molecule has 0 N–H and O–H groups in total. The maximum atomic E-state index is 7.14. The van der Waals surface area contributed by atoms with Crippen LogP contribution in [0, 0.1) is 0 Å². The number of hydrogen-bond donors (Lipinski definition) is 1. The van der Waals surface area contributed by atoms with Crippen LogP contribution in [0.3, 0.4) is 0 Å². The van der Waals surface area contributed by atoms with E-state index < -0.39 is 0 Å². The van der Waals surface area contributed by atoms with Gasteiger partial charge in [-0.1, -0.05) is 18.2 Å². The minimum atomic E-state index is 0.482. The van der Waals surface area contributed by atoms with Crippen LogP contribution in [0.5, 0.6) is 0 Å². The van der Waals surface area contributed by atoms with Gasteiger partial charge in [-0.05, 0) is 12.1 Å². The lowest BCUT2D eigenvalue weighted by atomic mass is 10.4. The van der Waals surface area contributed by atoms with Gasteiger partial charge in [-0.3, -0.25) is 0 Å². The van der Waals surface area contributed by atoms with Crippen LogP contribution in [0.15, 0.2) is 35.2 Å². The standard InChI is InChI=1S/C6H6S/c7-6-4-2-1-3-5-6/h1-5,7H/i4D. The molecule has 0 nitrogen and oxygen atoms in total. The second-order valence-electron chi connectivity index (χ2n) is 1.25. The molecule has 0 aliphatic rings. The van der Waals surface area contributed by atoms with Gasteiger partial charge in [0.05, 0.1) is 1.37 Å². The lowest BCUT2D eigenvalue weighted by molar-refractivity contribution is 1.48. The van der Waals surface area contributed by atoms with Gasteiger partial charge < -0.3 is 0 Å². The average Bonchev–Trinajstić information content (AvgIpc) is 1.77. The normalized spacial score (nSPS) is 10.7. The Labute approximate surface area is 50.0 Å². The summed E-state index contributed by atoms with van der Waals surface area (Å²) in [7, 11) is 0. The van der Waals surface area contributed by atoms with E-state index in [1.54, 1.807) is 12.1 Å². The third kappa shape index (κ3) is 1.24. The highest BCUT2D eigenvalue weighted by Gasteiger charge is 1.73. The molecule has 0 spiro atoms. The third-order valence-electron chi connectivity index (χ3n) is 0.693. The number of hydrogen-bond acceptors (Lipinski definition) is 1. The highest BCUT2D eigenvalue weighted by atomic mass is 32.1. The molecule has 0 unspecified atom stereocenters. The first kappa shape index (κ1) is 3.56. The minimum absolute atomic E-state index is 0.482. The molecule has 36 valence electrons. The minimum Gasteiger partial charge on any atom is -0.143 e. The summed E-state index contributed by atoms with van der Waals surface area (Å²) in [6.45, 7) is 0. The molecule has 1 aromatic carbocycles. The first-order chi connectivity index (χ1) is 3.80. The summed E-state index contributed by atoms with van der Waals surface area (Å²) in [4.78, 5) is 0.729. The van der Waals surface area contributed by atoms with E-state index in [4.69, 9.17) is 1.37 Å². The molecule has 0 aliphatic carbocycles. The highest BCUT2D eigenvalue weighted by molar-refractivity contribution is 7.80. The summed E-state index contributed by atoms with van der Waals surface area (Å²) in [5.41, 5.74) is 0. The van der Waals surface area contributed by atoms with Crippen molar-refractivity contribution in [3.8, 4) is 0 Å². The van der Waals surface area contributed by atoms with Crippen molar-refractivity contribution >= 4 is 12.6 Å². The van der Waals surface area contributed by atoms with Crippen LogP contribution >= 0.6 is 12.6 Å². The third-order valence-corrected chi connectivity index (χ3v) is 0.971. The van der Waals surface area contributed by atoms with Gasteiger partial charge in [0.1, 0.15) is 0 Å². The topological polar surface area (TPSA) is 0 Å². The summed E-state index contributed by atoms with van der Waals surface area (Å²) in [6, 6.07) is 7.67. The highest BCUT2D eigenvalue weighted by Crippen LogP contribution is 2.00. The fraction of sp³-hybridized carbons (Fsp3) is 0. The predicted octanol–water partition coefficient (Wildman–Crippen LogP) is 1.98. The van der Waals surface area contributed by atoms with Gasteiger partial charge >= 0.3 is 0 Å². The van der Waals surface area contributed by atoms with E-state index in [1.165, 1.54) is 0 Å². The summed E-state index contributed by atoms with van der Waals surface area (Å²) < 4.78 is 7.14. The van der Waals surface area contributed by atoms with Crippen molar-refractivity contribution in [2.75, 3.05) is 0 Å². The molecule has 0 fully saturated rings. The van der Waals surface area contributed by atoms with Crippen molar-refractivity contribution in [2.24, 2.45) is 0 Å². The lowest BCUT2D eigenvalue weighted by Crippen LogP contribution is -1.56. The Kier molecular flexibility index (Phi) is 1.03. The Morgan fingerprint density at radius 3 is 2.71 bits per heavy atom. The Bertz CT molecular complexity index is 165. The van der Waals surface area contributed by atoms with E-state index in [2.05, 4.69) is 12.6 Å². The number of benzene rings is 1. The summed E-state index contributed by atoms with van der Waals surface area (Å²) >= 11 is 4.01. The molecule has 1 rings (SSSR count). The lowest BCUT2D eigenvalue weighted by Gasteiger charge is -1.81. The van der Waals surface area contributed by atoms with Crippen molar-refractivity contribution < 1.29 is 1.37 Å². The molecule has 0 saturated carbocycles. The van der Waals surface area contributed by atoms with Crippen molar-refractivity contribution in [3.05, 3.63) is 30.3 Å². The first-order valence-electron chi connectivity index (χ1n) is 2.55. The zero-order chi connectivity index (χ0) is 5.98. The molecule has 1 aromatic rings. The molecule has 1 heteroatoms. The van der Waals surface area contributed by atoms with Crippen LogP contribution in [0.2, 0.25) is 0 Å². The van der Waals surface area contributed by atoms with Gasteiger partial charge in [-0.15, -0.1) is 12.6 Å². The predicted molar refractivity (Wildman–Crippen MR) is 33.7 cm³/mol. The Hall–Kier alpha value is -0.430. The van der Waals surface area contributed by atoms with Crippen molar-refractivity contribution in [3.63, 3.8) is 0 Å². The number of rotatable bonds is 0. The van der Waals surface area contributed by atoms with Gasteiger partial charge in [-0.25, -0.2) is 0 Å².